The second-order valence-corrected chi connectivity index (χ2v) is 8.89. The van der Waals surface area contributed by atoms with Crippen LogP contribution in [0.3, 0.4) is 0 Å². The van der Waals surface area contributed by atoms with Crippen LogP contribution in [0, 0.1) is 13.8 Å². The van der Waals surface area contributed by atoms with Crippen LogP contribution in [0.25, 0.3) is 5.69 Å². The molecule has 8 nitrogen and oxygen atoms in total. The van der Waals surface area contributed by atoms with Gasteiger partial charge in [0, 0.05) is 51.0 Å². The Morgan fingerprint density at radius 2 is 1.58 bits per heavy atom. The Balaban J connectivity index is 1.27. The van der Waals surface area contributed by atoms with Gasteiger partial charge in [0.2, 0.25) is 5.95 Å². The lowest BCUT2D eigenvalue weighted by Gasteiger charge is -2.35. The Labute approximate surface area is 194 Å². The van der Waals surface area contributed by atoms with Gasteiger partial charge in [-0.2, -0.15) is 10.1 Å². The van der Waals surface area contributed by atoms with Crippen molar-refractivity contribution in [3.8, 4) is 5.69 Å². The minimum absolute atomic E-state index is 0.0356. The normalized spacial score (nSPS) is 16.8. The summed E-state index contributed by atoms with van der Waals surface area (Å²) in [7, 11) is 0. The van der Waals surface area contributed by atoms with Crippen molar-refractivity contribution in [3.63, 3.8) is 0 Å². The van der Waals surface area contributed by atoms with E-state index in [0.29, 0.717) is 18.7 Å². The van der Waals surface area contributed by atoms with Gasteiger partial charge in [0.1, 0.15) is 5.82 Å². The lowest BCUT2D eigenvalue weighted by Crippen LogP contribution is -2.49. The molecule has 3 aromatic rings. The van der Waals surface area contributed by atoms with Gasteiger partial charge in [-0.1, -0.05) is 18.2 Å². The number of aryl methyl sites for hydroxylation is 1. The molecule has 2 aromatic heterocycles. The van der Waals surface area contributed by atoms with Gasteiger partial charge in [-0.3, -0.25) is 4.79 Å². The minimum Gasteiger partial charge on any atom is -0.356 e. The third-order valence-corrected chi connectivity index (χ3v) is 6.60. The summed E-state index contributed by atoms with van der Waals surface area (Å²) < 4.78 is 1.83. The highest BCUT2D eigenvalue weighted by Crippen LogP contribution is 2.23. The molecule has 172 valence electrons. The molecule has 2 aliphatic rings. The number of aromatic nitrogens is 4. The number of carbonyl (C=O) groups is 1. The highest BCUT2D eigenvalue weighted by Gasteiger charge is 2.27. The van der Waals surface area contributed by atoms with Crippen LogP contribution < -0.4 is 9.80 Å². The van der Waals surface area contributed by atoms with Crippen LogP contribution in [0.4, 0.5) is 11.8 Å². The number of hydrogen-bond donors (Lipinski definition) is 0. The standard InChI is InChI=1S/C25H31N7O/c1-19-17-23(29-11-7-4-8-12-29)28-25(27-19)31-15-13-30(14-16-31)24(33)22-18-26-32(20(22)2)21-9-5-3-6-10-21/h3,5-6,9-10,17-18H,4,7-8,11-16H2,1-2H3. The number of hydrogen-bond acceptors (Lipinski definition) is 6. The highest BCUT2D eigenvalue weighted by molar-refractivity contribution is 5.95. The molecule has 4 heterocycles. The summed E-state index contributed by atoms with van der Waals surface area (Å²) in [6.07, 6.45) is 5.43. The molecule has 2 aliphatic heterocycles. The molecule has 0 N–H and O–H groups in total. The van der Waals surface area contributed by atoms with E-state index in [2.05, 4.69) is 21.0 Å². The summed E-state index contributed by atoms with van der Waals surface area (Å²) in [6, 6.07) is 12.0. The Hall–Kier alpha value is -3.42. The lowest BCUT2D eigenvalue weighted by atomic mass is 10.1. The van der Waals surface area contributed by atoms with Crippen molar-refractivity contribution in [2.24, 2.45) is 0 Å². The maximum absolute atomic E-state index is 13.2. The molecule has 1 aromatic carbocycles. The van der Waals surface area contributed by atoms with E-state index in [1.54, 1.807) is 6.20 Å². The first-order chi connectivity index (χ1) is 16.1. The number of benzene rings is 1. The molecule has 0 aliphatic carbocycles. The first-order valence-electron chi connectivity index (χ1n) is 11.8. The molecule has 5 rings (SSSR count). The van der Waals surface area contributed by atoms with Crippen LogP contribution >= 0.6 is 0 Å². The van der Waals surface area contributed by atoms with Crippen molar-refractivity contribution in [2.45, 2.75) is 33.1 Å². The Bertz CT molecular complexity index is 1110. The number of amides is 1. The fraction of sp³-hybridized carbons (Fsp3) is 0.440. The molecule has 8 heteroatoms. The Morgan fingerprint density at radius 3 is 2.30 bits per heavy atom. The minimum atomic E-state index is 0.0356. The van der Waals surface area contributed by atoms with Crippen LogP contribution in [0.15, 0.2) is 42.6 Å². The maximum atomic E-state index is 13.2. The average Bonchev–Trinajstić information content (AvgIpc) is 3.25. The monoisotopic (exact) mass is 445 g/mol. The number of rotatable bonds is 4. The van der Waals surface area contributed by atoms with E-state index in [9.17, 15) is 4.79 Å². The van der Waals surface area contributed by atoms with Gasteiger partial charge in [0.15, 0.2) is 0 Å². The van der Waals surface area contributed by atoms with E-state index in [4.69, 9.17) is 9.97 Å². The zero-order valence-electron chi connectivity index (χ0n) is 19.4. The summed E-state index contributed by atoms with van der Waals surface area (Å²) in [5.74, 6) is 1.84. The summed E-state index contributed by atoms with van der Waals surface area (Å²) in [5.41, 5.74) is 3.47. The van der Waals surface area contributed by atoms with Crippen molar-refractivity contribution in [2.75, 3.05) is 49.1 Å². The predicted octanol–water partition coefficient (Wildman–Crippen LogP) is 3.23. The van der Waals surface area contributed by atoms with Gasteiger partial charge >= 0.3 is 0 Å². The van der Waals surface area contributed by atoms with Crippen molar-refractivity contribution < 1.29 is 4.79 Å². The number of anilines is 2. The van der Waals surface area contributed by atoms with Crippen molar-refractivity contribution in [1.82, 2.24) is 24.6 Å². The van der Waals surface area contributed by atoms with Gasteiger partial charge in [-0.05, 0) is 45.2 Å². The largest absolute Gasteiger partial charge is 0.356 e. The topological polar surface area (TPSA) is 70.4 Å². The second kappa shape index (κ2) is 9.21. The zero-order valence-corrected chi connectivity index (χ0v) is 19.4. The van der Waals surface area contributed by atoms with Crippen LogP contribution in [-0.2, 0) is 0 Å². The quantitative estimate of drug-likeness (QED) is 0.614. The van der Waals surface area contributed by atoms with Gasteiger partial charge in [0.05, 0.1) is 23.1 Å². The third-order valence-electron chi connectivity index (χ3n) is 6.60. The predicted molar refractivity (Wildman–Crippen MR) is 129 cm³/mol. The number of carbonyl (C=O) groups excluding carboxylic acids is 1. The van der Waals surface area contributed by atoms with E-state index < -0.39 is 0 Å². The molecule has 1 amide bonds. The third kappa shape index (κ3) is 4.42. The van der Waals surface area contributed by atoms with E-state index in [0.717, 1.165) is 55.0 Å². The number of piperidine rings is 1. The SMILES string of the molecule is Cc1cc(N2CCCCC2)nc(N2CCN(C(=O)c3cnn(-c4ccccc4)c3C)CC2)n1. The maximum Gasteiger partial charge on any atom is 0.257 e. The van der Waals surface area contributed by atoms with E-state index in [-0.39, 0.29) is 5.91 Å². The fourth-order valence-electron chi connectivity index (χ4n) is 4.69. The summed E-state index contributed by atoms with van der Waals surface area (Å²) >= 11 is 0. The van der Waals surface area contributed by atoms with Gasteiger partial charge in [-0.25, -0.2) is 9.67 Å². The van der Waals surface area contributed by atoms with Crippen molar-refractivity contribution in [3.05, 3.63) is 59.5 Å². The molecule has 0 radical (unpaired) electrons. The summed E-state index contributed by atoms with van der Waals surface area (Å²) in [6.45, 7) is 8.84. The smallest absolute Gasteiger partial charge is 0.257 e. The number of nitrogens with zero attached hydrogens (tertiary/aromatic N) is 7. The number of piperazine rings is 1. The molecule has 0 saturated carbocycles. The molecule has 33 heavy (non-hydrogen) atoms. The first kappa shape index (κ1) is 21.4. The zero-order chi connectivity index (χ0) is 22.8. The Morgan fingerprint density at radius 1 is 0.848 bits per heavy atom. The van der Waals surface area contributed by atoms with Crippen LogP contribution in [-0.4, -0.2) is 69.8 Å². The summed E-state index contributed by atoms with van der Waals surface area (Å²) in [5, 5.41) is 4.46. The molecule has 0 spiro atoms. The van der Waals surface area contributed by atoms with Crippen molar-refractivity contribution >= 4 is 17.7 Å². The molecular formula is C25H31N7O. The molecule has 0 bridgehead atoms. The van der Waals surface area contributed by atoms with E-state index in [1.165, 1.54) is 19.3 Å². The van der Waals surface area contributed by atoms with Gasteiger partial charge in [0.25, 0.3) is 5.91 Å². The van der Waals surface area contributed by atoms with E-state index >= 15 is 0 Å². The van der Waals surface area contributed by atoms with Crippen LogP contribution in [0.5, 0.6) is 0 Å². The first-order valence-corrected chi connectivity index (χ1v) is 11.8. The number of para-hydroxylation sites is 1. The van der Waals surface area contributed by atoms with Crippen LogP contribution in [0.2, 0.25) is 0 Å². The second-order valence-electron chi connectivity index (χ2n) is 8.89. The molecule has 0 unspecified atom stereocenters. The summed E-state index contributed by atoms with van der Waals surface area (Å²) in [4.78, 5) is 29.3. The Kier molecular flexibility index (Phi) is 5.98. The van der Waals surface area contributed by atoms with Crippen LogP contribution in [0.1, 0.15) is 41.0 Å². The fourth-order valence-corrected chi connectivity index (χ4v) is 4.69. The molecule has 2 fully saturated rings. The average molecular weight is 446 g/mol. The lowest BCUT2D eigenvalue weighted by molar-refractivity contribution is 0.0745. The van der Waals surface area contributed by atoms with E-state index in [1.807, 2.05) is 53.8 Å². The molecule has 2 saturated heterocycles. The molecule has 0 atom stereocenters. The molecular weight excluding hydrogens is 414 g/mol. The van der Waals surface area contributed by atoms with Gasteiger partial charge in [-0.15, -0.1) is 0 Å². The van der Waals surface area contributed by atoms with Crippen molar-refractivity contribution in [1.29, 1.82) is 0 Å². The highest BCUT2D eigenvalue weighted by atomic mass is 16.2. The van der Waals surface area contributed by atoms with Gasteiger partial charge < -0.3 is 14.7 Å².